The fourth-order valence-electron chi connectivity index (χ4n) is 2.06. The van der Waals surface area contributed by atoms with Crippen LogP contribution in [0, 0.1) is 20.8 Å². The maximum atomic E-state index is 5.79. The Morgan fingerprint density at radius 2 is 1.84 bits per heavy atom. The number of nitrogens with two attached hydrogens (primary N) is 1. The van der Waals surface area contributed by atoms with Crippen molar-refractivity contribution in [3.8, 4) is 5.75 Å². The van der Waals surface area contributed by atoms with E-state index < -0.39 is 0 Å². The summed E-state index contributed by atoms with van der Waals surface area (Å²) in [6.45, 7) is 7.39. The monoisotopic (exact) mass is 276 g/mol. The van der Waals surface area contributed by atoms with Crippen molar-refractivity contribution >= 4 is 11.3 Å². The van der Waals surface area contributed by atoms with Crippen LogP contribution in [0.15, 0.2) is 18.2 Å². The zero-order valence-corrected chi connectivity index (χ0v) is 12.5. The van der Waals surface area contributed by atoms with Crippen LogP contribution in [-0.4, -0.2) is 11.6 Å². The smallest absolute Gasteiger partial charge is 0.119 e. The molecule has 1 heterocycles. The van der Waals surface area contributed by atoms with Gasteiger partial charge in [0.2, 0.25) is 0 Å². The average molecular weight is 276 g/mol. The number of aromatic nitrogens is 1. The molecule has 0 spiro atoms. The van der Waals surface area contributed by atoms with E-state index in [1.165, 1.54) is 16.0 Å². The van der Waals surface area contributed by atoms with Crippen molar-refractivity contribution in [3.63, 3.8) is 0 Å². The number of hydrogen-bond acceptors (Lipinski definition) is 4. The van der Waals surface area contributed by atoms with Gasteiger partial charge >= 0.3 is 0 Å². The second kappa shape index (κ2) is 6.17. The van der Waals surface area contributed by atoms with Crippen LogP contribution in [0.25, 0.3) is 0 Å². The molecular formula is C15H20N2OS. The molecule has 0 fully saturated rings. The zero-order valence-electron chi connectivity index (χ0n) is 11.7. The van der Waals surface area contributed by atoms with E-state index in [4.69, 9.17) is 10.5 Å². The molecule has 0 aliphatic carbocycles. The molecule has 3 nitrogen and oxygen atoms in total. The number of rotatable bonds is 5. The summed E-state index contributed by atoms with van der Waals surface area (Å²) in [7, 11) is 0. The summed E-state index contributed by atoms with van der Waals surface area (Å²) in [6, 6.07) is 6.27. The molecule has 0 atom stereocenters. The Balaban J connectivity index is 1.92. The highest BCUT2D eigenvalue weighted by Gasteiger charge is 2.06. The standard InChI is InChI=1S/C15H20N2OS/c1-10-6-11(2)8-13(7-10)18-5-4-15-17-12(3)14(9-16)19-15/h6-8H,4-5,9,16H2,1-3H3. The van der Waals surface area contributed by atoms with Crippen molar-refractivity contribution in [2.24, 2.45) is 5.73 Å². The van der Waals surface area contributed by atoms with Gasteiger partial charge in [-0.15, -0.1) is 11.3 Å². The van der Waals surface area contributed by atoms with Crippen LogP contribution in [0.2, 0.25) is 0 Å². The molecule has 2 rings (SSSR count). The minimum Gasteiger partial charge on any atom is -0.493 e. The predicted octanol–water partition coefficient (Wildman–Crippen LogP) is 3.15. The first-order valence-electron chi connectivity index (χ1n) is 6.45. The van der Waals surface area contributed by atoms with Crippen LogP contribution in [0.1, 0.15) is 26.7 Å². The molecular weight excluding hydrogens is 256 g/mol. The Morgan fingerprint density at radius 1 is 1.16 bits per heavy atom. The molecule has 0 bridgehead atoms. The minimum absolute atomic E-state index is 0.571. The van der Waals surface area contributed by atoms with Crippen molar-refractivity contribution in [3.05, 3.63) is 44.9 Å². The van der Waals surface area contributed by atoms with Crippen LogP contribution in [-0.2, 0) is 13.0 Å². The second-order valence-corrected chi connectivity index (χ2v) is 5.91. The lowest BCUT2D eigenvalue weighted by atomic mass is 10.1. The van der Waals surface area contributed by atoms with E-state index in [2.05, 4.69) is 37.0 Å². The van der Waals surface area contributed by atoms with Gasteiger partial charge in [0.05, 0.1) is 17.3 Å². The maximum Gasteiger partial charge on any atom is 0.119 e. The van der Waals surface area contributed by atoms with Gasteiger partial charge in [-0.05, 0) is 44.0 Å². The molecule has 0 saturated heterocycles. The zero-order chi connectivity index (χ0) is 13.8. The van der Waals surface area contributed by atoms with E-state index in [1.54, 1.807) is 11.3 Å². The topological polar surface area (TPSA) is 48.1 Å². The Labute approximate surface area is 118 Å². The van der Waals surface area contributed by atoms with Gasteiger partial charge in [-0.1, -0.05) is 6.07 Å². The third kappa shape index (κ3) is 3.78. The summed E-state index contributed by atoms with van der Waals surface area (Å²) in [6.07, 6.45) is 0.832. The molecule has 0 radical (unpaired) electrons. The summed E-state index contributed by atoms with van der Waals surface area (Å²) in [5, 5.41) is 1.10. The lowest BCUT2D eigenvalue weighted by Gasteiger charge is -2.07. The van der Waals surface area contributed by atoms with Crippen LogP contribution in [0.3, 0.4) is 0 Å². The van der Waals surface area contributed by atoms with Gasteiger partial charge in [0, 0.05) is 17.8 Å². The summed E-state index contributed by atoms with van der Waals surface area (Å²) < 4.78 is 5.79. The van der Waals surface area contributed by atoms with Crippen LogP contribution >= 0.6 is 11.3 Å². The van der Waals surface area contributed by atoms with Crippen molar-refractivity contribution in [1.29, 1.82) is 0 Å². The van der Waals surface area contributed by atoms with Crippen molar-refractivity contribution in [1.82, 2.24) is 4.98 Å². The normalized spacial score (nSPS) is 10.7. The Hall–Kier alpha value is -1.39. The maximum absolute atomic E-state index is 5.79. The molecule has 0 amide bonds. The van der Waals surface area contributed by atoms with Crippen LogP contribution in [0.4, 0.5) is 0 Å². The summed E-state index contributed by atoms with van der Waals surface area (Å²) >= 11 is 1.68. The lowest BCUT2D eigenvalue weighted by molar-refractivity contribution is 0.321. The molecule has 4 heteroatoms. The van der Waals surface area contributed by atoms with Crippen molar-refractivity contribution < 1.29 is 4.74 Å². The molecule has 1 aromatic carbocycles. The second-order valence-electron chi connectivity index (χ2n) is 4.74. The number of aryl methyl sites for hydroxylation is 3. The number of ether oxygens (including phenoxy) is 1. The molecule has 0 unspecified atom stereocenters. The highest BCUT2D eigenvalue weighted by Crippen LogP contribution is 2.19. The number of benzene rings is 1. The average Bonchev–Trinajstić information content (AvgIpc) is 2.68. The Kier molecular flexibility index (Phi) is 4.56. The van der Waals surface area contributed by atoms with Crippen molar-refractivity contribution in [2.45, 2.75) is 33.7 Å². The van der Waals surface area contributed by atoms with E-state index in [9.17, 15) is 0 Å². The molecule has 2 aromatic rings. The fourth-order valence-corrected chi connectivity index (χ4v) is 2.99. The highest BCUT2D eigenvalue weighted by molar-refractivity contribution is 7.11. The van der Waals surface area contributed by atoms with E-state index in [0.717, 1.165) is 22.9 Å². The number of thiazole rings is 1. The summed E-state index contributed by atoms with van der Waals surface area (Å²) in [5.41, 5.74) is 9.16. The molecule has 0 saturated carbocycles. The highest BCUT2D eigenvalue weighted by atomic mass is 32.1. The minimum atomic E-state index is 0.571. The largest absolute Gasteiger partial charge is 0.493 e. The lowest BCUT2D eigenvalue weighted by Crippen LogP contribution is -2.01. The third-order valence-electron chi connectivity index (χ3n) is 2.90. The van der Waals surface area contributed by atoms with Gasteiger partial charge in [0.25, 0.3) is 0 Å². The Bertz CT molecular complexity index is 543. The quantitative estimate of drug-likeness (QED) is 0.912. The Morgan fingerprint density at radius 3 is 2.42 bits per heavy atom. The third-order valence-corrected chi connectivity index (χ3v) is 4.14. The van der Waals surface area contributed by atoms with Gasteiger partial charge < -0.3 is 10.5 Å². The fraction of sp³-hybridized carbons (Fsp3) is 0.400. The van der Waals surface area contributed by atoms with Gasteiger partial charge in [0.15, 0.2) is 0 Å². The number of nitrogens with zero attached hydrogens (tertiary/aromatic N) is 1. The predicted molar refractivity (Wildman–Crippen MR) is 79.9 cm³/mol. The first-order chi connectivity index (χ1) is 9.08. The van der Waals surface area contributed by atoms with E-state index >= 15 is 0 Å². The summed E-state index contributed by atoms with van der Waals surface area (Å²) in [4.78, 5) is 5.67. The van der Waals surface area contributed by atoms with E-state index in [-0.39, 0.29) is 0 Å². The SMILES string of the molecule is Cc1cc(C)cc(OCCc2nc(C)c(CN)s2)c1. The first-order valence-corrected chi connectivity index (χ1v) is 7.26. The van der Waals surface area contributed by atoms with E-state index in [1.807, 2.05) is 6.92 Å². The summed E-state index contributed by atoms with van der Waals surface area (Å²) in [5.74, 6) is 0.935. The van der Waals surface area contributed by atoms with Gasteiger partial charge in [-0.3, -0.25) is 0 Å². The first kappa shape index (κ1) is 14.0. The number of hydrogen-bond donors (Lipinski definition) is 1. The van der Waals surface area contributed by atoms with Gasteiger partial charge in [-0.25, -0.2) is 4.98 Å². The molecule has 19 heavy (non-hydrogen) atoms. The molecule has 0 aliphatic heterocycles. The molecule has 0 aliphatic rings. The van der Waals surface area contributed by atoms with E-state index in [0.29, 0.717) is 13.2 Å². The van der Waals surface area contributed by atoms with Crippen LogP contribution < -0.4 is 10.5 Å². The molecule has 102 valence electrons. The van der Waals surface area contributed by atoms with Gasteiger partial charge in [-0.2, -0.15) is 0 Å². The molecule has 1 aromatic heterocycles. The van der Waals surface area contributed by atoms with Crippen LogP contribution in [0.5, 0.6) is 5.75 Å². The van der Waals surface area contributed by atoms with Crippen molar-refractivity contribution in [2.75, 3.05) is 6.61 Å². The van der Waals surface area contributed by atoms with Gasteiger partial charge in [0.1, 0.15) is 5.75 Å². The molecule has 2 N–H and O–H groups in total.